The van der Waals surface area contributed by atoms with Crippen molar-refractivity contribution in [3.8, 4) is 22.8 Å². The molecule has 0 radical (unpaired) electrons. The largest absolute Gasteiger partial charge is 0.465 e. The molecule has 0 N–H and O–H groups in total. The van der Waals surface area contributed by atoms with Gasteiger partial charge in [0.05, 0.1) is 23.8 Å². The van der Waals surface area contributed by atoms with Crippen LogP contribution in [-0.2, 0) is 21.4 Å². The van der Waals surface area contributed by atoms with E-state index in [0.29, 0.717) is 11.3 Å². The summed E-state index contributed by atoms with van der Waals surface area (Å²) in [6.07, 6.45) is 1.93. The molecule has 0 saturated heterocycles. The highest BCUT2D eigenvalue weighted by molar-refractivity contribution is 5.94. The van der Waals surface area contributed by atoms with Crippen molar-refractivity contribution in [1.82, 2.24) is 4.98 Å². The Morgan fingerprint density at radius 2 is 1.77 bits per heavy atom. The van der Waals surface area contributed by atoms with Crippen molar-refractivity contribution in [3.63, 3.8) is 0 Å². The summed E-state index contributed by atoms with van der Waals surface area (Å²) < 4.78 is 15.6. The van der Waals surface area contributed by atoms with Gasteiger partial charge >= 0.3 is 5.97 Å². The van der Waals surface area contributed by atoms with E-state index in [1.54, 1.807) is 12.1 Å². The third-order valence-corrected chi connectivity index (χ3v) is 5.96. The van der Waals surface area contributed by atoms with E-state index >= 15 is 0 Å². The van der Waals surface area contributed by atoms with Crippen LogP contribution in [0.3, 0.4) is 0 Å². The molecule has 6 nitrogen and oxygen atoms in total. The van der Waals surface area contributed by atoms with Crippen LogP contribution in [0.2, 0.25) is 0 Å². The molecule has 5 rings (SSSR count). The zero-order chi connectivity index (χ0) is 21.4. The summed E-state index contributed by atoms with van der Waals surface area (Å²) in [6.45, 7) is 0.219. The first-order chi connectivity index (χ1) is 15.1. The van der Waals surface area contributed by atoms with Crippen LogP contribution in [0.25, 0.3) is 11.3 Å². The van der Waals surface area contributed by atoms with Crippen molar-refractivity contribution in [2.24, 2.45) is 0 Å². The summed E-state index contributed by atoms with van der Waals surface area (Å²) in [5, 5.41) is 0. The number of methoxy groups -OCH3 is 1. The second kappa shape index (κ2) is 7.54. The number of carbonyl (C=O) groups excluding carboxylic acids is 2. The van der Waals surface area contributed by atoms with E-state index in [4.69, 9.17) is 14.2 Å². The smallest absolute Gasteiger partial charge is 0.337 e. The molecule has 2 aliphatic rings. The fraction of sp³-hybridized carbons (Fsp3) is 0.240. The first-order valence-corrected chi connectivity index (χ1v) is 10.2. The SMILES string of the molecule is COC(=O)c1ccc(-c2cccc(CC(=O)C3(c4ccc5c(c4)OCO5)CC3)n2)cc1. The van der Waals surface area contributed by atoms with Gasteiger partial charge in [-0.15, -0.1) is 0 Å². The van der Waals surface area contributed by atoms with Crippen molar-refractivity contribution in [3.05, 3.63) is 77.5 Å². The lowest BCUT2D eigenvalue weighted by Crippen LogP contribution is -2.23. The van der Waals surface area contributed by atoms with Crippen LogP contribution < -0.4 is 9.47 Å². The van der Waals surface area contributed by atoms with Crippen LogP contribution in [0.4, 0.5) is 0 Å². The van der Waals surface area contributed by atoms with Gasteiger partial charge in [-0.2, -0.15) is 0 Å². The third-order valence-electron chi connectivity index (χ3n) is 5.96. The molecule has 6 heteroatoms. The molecule has 3 aromatic rings. The minimum Gasteiger partial charge on any atom is -0.465 e. The highest BCUT2D eigenvalue weighted by Gasteiger charge is 2.50. The van der Waals surface area contributed by atoms with Crippen LogP contribution in [0.5, 0.6) is 11.5 Å². The van der Waals surface area contributed by atoms with Crippen molar-refractivity contribution in [2.75, 3.05) is 13.9 Å². The van der Waals surface area contributed by atoms with Gasteiger partial charge in [0.2, 0.25) is 6.79 Å². The molecular formula is C25H21NO5. The lowest BCUT2D eigenvalue weighted by atomic mass is 9.88. The number of carbonyl (C=O) groups is 2. The van der Waals surface area contributed by atoms with E-state index < -0.39 is 5.41 Å². The Labute approximate surface area is 179 Å². The van der Waals surface area contributed by atoms with E-state index in [2.05, 4.69) is 4.98 Å². The van der Waals surface area contributed by atoms with Gasteiger partial charge in [0.15, 0.2) is 11.5 Å². The van der Waals surface area contributed by atoms with Crippen LogP contribution >= 0.6 is 0 Å². The standard InChI is InChI=1S/C25H21NO5/c1-29-24(28)17-7-5-16(6-8-17)20-4-2-3-19(26-20)14-23(27)25(11-12-25)18-9-10-21-22(13-18)31-15-30-21/h2-10,13H,11-12,14-15H2,1H3. The Balaban J connectivity index is 1.35. The Hall–Kier alpha value is -3.67. The number of hydrogen-bond donors (Lipinski definition) is 0. The van der Waals surface area contributed by atoms with E-state index in [0.717, 1.165) is 41.1 Å². The molecule has 0 bridgehead atoms. The van der Waals surface area contributed by atoms with E-state index in [-0.39, 0.29) is 25.0 Å². The summed E-state index contributed by atoms with van der Waals surface area (Å²) in [6, 6.07) is 18.5. The molecule has 1 fully saturated rings. The molecule has 0 spiro atoms. The first-order valence-electron chi connectivity index (χ1n) is 10.2. The Kier molecular flexibility index (Phi) is 4.70. The molecule has 0 unspecified atom stereocenters. The molecular weight excluding hydrogens is 394 g/mol. The van der Waals surface area contributed by atoms with Gasteiger partial charge in [0, 0.05) is 17.7 Å². The first kappa shape index (κ1) is 19.3. The second-order valence-corrected chi connectivity index (χ2v) is 7.83. The highest BCUT2D eigenvalue weighted by Crippen LogP contribution is 2.51. The number of ether oxygens (including phenoxy) is 3. The number of pyridine rings is 1. The number of benzene rings is 2. The molecule has 1 aromatic heterocycles. The molecule has 2 aromatic carbocycles. The number of rotatable bonds is 6. The molecule has 0 atom stereocenters. The second-order valence-electron chi connectivity index (χ2n) is 7.83. The van der Waals surface area contributed by atoms with Crippen molar-refractivity contribution >= 4 is 11.8 Å². The van der Waals surface area contributed by atoms with Gasteiger partial charge in [-0.05, 0) is 54.8 Å². The normalized spacial score (nSPS) is 15.4. The number of fused-ring (bicyclic) bond motifs is 1. The molecule has 1 saturated carbocycles. The van der Waals surface area contributed by atoms with Gasteiger partial charge < -0.3 is 14.2 Å². The molecule has 0 amide bonds. The lowest BCUT2D eigenvalue weighted by molar-refractivity contribution is -0.120. The van der Waals surface area contributed by atoms with Gasteiger partial charge in [-0.1, -0.05) is 24.3 Å². The van der Waals surface area contributed by atoms with Crippen molar-refractivity contribution in [1.29, 1.82) is 0 Å². The number of nitrogens with zero attached hydrogens (tertiary/aromatic N) is 1. The number of Topliss-reactive ketones (excluding diaryl/α,β-unsaturated/α-hetero) is 1. The minimum atomic E-state index is -0.458. The predicted octanol–water partition coefficient (Wildman–Crippen LogP) is 4.11. The lowest BCUT2D eigenvalue weighted by Gasteiger charge is -2.15. The predicted molar refractivity (Wildman–Crippen MR) is 113 cm³/mol. The molecule has 1 aliphatic heterocycles. The van der Waals surface area contributed by atoms with Crippen molar-refractivity contribution in [2.45, 2.75) is 24.7 Å². The van der Waals surface area contributed by atoms with E-state index in [1.165, 1.54) is 7.11 Å². The Bertz CT molecular complexity index is 1160. The number of esters is 1. The highest BCUT2D eigenvalue weighted by atomic mass is 16.7. The summed E-state index contributed by atoms with van der Waals surface area (Å²) in [5.74, 6) is 1.21. The van der Waals surface area contributed by atoms with Gasteiger partial charge in [0.25, 0.3) is 0 Å². The van der Waals surface area contributed by atoms with Crippen LogP contribution in [0.15, 0.2) is 60.7 Å². The van der Waals surface area contributed by atoms with E-state index in [9.17, 15) is 9.59 Å². The topological polar surface area (TPSA) is 74.7 Å². The molecule has 31 heavy (non-hydrogen) atoms. The zero-order valence-electron chi connectivity index (χ0n) is 17.1. The quantitative estimate of drug-likeness (QED) is 0.564. The number of hydrogen-bond acceptors (Lipinski definition) is 6. The Morgan fingerprint density at radius 3 is 2.52 bits per heavy atom. The van der Waals surface area contributed by atoms with Crippen LogP contribution in [0, 0.1) is 0 Å². The maximum Gasteiger partial charge on any atom is 0.337 e. The summed E-state index contributed by atoms with van der Waals surface area (Å²) in [4.78, 5) is 29.5. The summed E-state index contributed by atoms with van der Waals surface area (Å²) >= 11 is 0. The molecule has 2 heterocycles. The van der Waals surface area contributed by atoms with Crippen LogP contribution in [0.1, 0.15) is 34.5 Å². The number of aromatic nitrogens is 1. The zero-order valence-corrected chi connectivity index (χ0v) is 17.1. The minimum absolute atomic E-state index is 0.164. The summed E-state index contributed by atoms with van der Waals surface area (Å²) in [7, 11) is 1.36. The average molecular weight is 415 g/mol. The van der Waals surface area contributed by atoms with Crippen molar-refractivity contribution < 1.29 is 23.8 Å². The Morgan fingerprint density at radius 1 is 1.00 bits per heavy atom. The monoisotopic (exact) mass is 415 g/mol. The molecule has 1 aliphatic carbocycles. The maximum absolute atomic E-state index is 13.2. The van der Waals surface area contributed by atoms with E-state index in [1.807, 2.05) is 48.5 Å². The molecule has 156 valence electrons. The third kappa shape index (κ3) is 3.54. The average Bonchev–Trinajstić information content (AvgIpc) is 3.49. The summed E-state index contributed by atoms with van der Waals surface area (Å²) in [5.41, 5.74) is 3.37. The van der Waals surface area contributed by atoms with Gasteiger partial charge in [-0.25, -0.2) is 4.79 Å². The maximum atomic E-state index is 13.2. The number of ketones is 1. The fourth-order valence-electron chi connectivity index (χ4n) is 4.02. The van der Waals surface area contributed by atoms with Crippen LogP contribution in [-0.4, -0.2) is 30.6 Å². The van der Waals surface area contributed by atoms with Gasteiger partial charge in [0.1, 0.15) is 5.78 Å². The van der Waals surface area contributed by atoms with Gasteiger partial charge in [-0.3, -0.25) is 9.78 Å². The fourth-order valence-corrected chi connectivity index (χ4v) is 4.02.